The Morgan fingerprint density at radius 2 is 2.03 bits per heavy atom. The lowest BCUT2D eigenvalue weighted by atomic mass is 10.1. The van der Waals surface area contributed by atoms with Crippen LogP contribution in [0, 0.1) is 0 Å². The van der Waals surface area contributed by atoms with Crippen LogP contribution in [0.3, 0.4) is 0 Å². The van der Waals surface area contributed by atoms with Gasteiger partial charge in [0, 0.05) is 12.8 Å². The molecular weight excluding hydrogens is 394 g/mol. The Labute approximate surface area is 170 Å². The first-order valence-corrected chi connectivity index (χ1v) is 9.35. The van der Waals surface area contributed by atoms with Crippen LogP contribution in [0.1, 0.15) is 18.2 Å². The second-order valence-corrected chi connectivity index (χ2v) is 7.09. The number of anilines is 1. The molecule has 0 bridgehead atoms. The smallest absolute Gasteiger partial charge is 0.326 e. The summed E-state index contributed by atoms with van der Waals surface area (Å²) in [5.74, 6) is -0.743. The molecule has 4 rings (SSSR count). The van der Waals surface area contributed by atoms with E-state index in [1.807, 2.05) is 0 Å². The highest BCUT2D eigenvalue weighted by Crippen LogP contribution is 2.31. The maximum absolute atomic E-state index is 11.8. The second-order valence-electron chi connectivity index (χ2n) is 7.09. The van der Waals surface area contributed by atoms with Crippen LogP contribution in [0.25, 0.3) is 11.2 Å². The average Bonchev–Trinajstić information content (AvgIpc) is 3.32. The molecule has 1 fully saturated rings. The predicted molar refractivity (Wildman–Crippen MR) is 104 cm³/mol. The highest BCUT2D eigenvalue weighted by Gasteiger charge is 2.36. The molecule has 4 atom stereocenters. The molecular formula is C19H21N5O6. The molecule has 0 saturated carbocycles. The highest BCUT2D eigenvalue weighted by atomic mass is 16.5. The van der Waals surface area contributed by atoms with E-state index in [-0.39, 0.29) is 31.0 Å². The molecule has 1 saturated heterocycles. The quantitative estimate of drug-likeness (QED) is 0.362. The number of aliphatic hydroxyl groups is 2. The van der Waals surface area contributed by atoms with Crippen molar-refractivity contribution in [3.8, 4) is 5.75 Å². The Bertz CT molecular complexity index is 1040. The van der Waals surface area contributed by atoms with Gasteiger partial charge in [0.2, 0.25) is 0 Å². The molecule has 1 aromatic carbocycles. The summed E-state index contributed by atoms with van der Waals surface area (Å²) < 4.78 is 7.19. The van der Waals surface area contributed by atoms with Crippen LogP contribution in [0.5, 0.6) is 5.75 Å². The van der Waals surface area contributed by atoms with E-state index in [2.05, 4.69) is 20.3 Å². The normalized spacial score (nSPS) is 22.3. The molecule has 0 amide bonds. The van der Waals surface area contributed by atoms with Crippen molar-refractivity contribution in [1.82, 2.24) is 19.5 Å². The third kappa shape index (κ3) is 3.90. The zero-order valence-corrected chi connectivity index (χ0v) is 15.8. The minimum Gasteiger partial charge on any atom is -0.508 e. The summed E-state index contributed by atoms with van der Waals surface area (Å²) in [6, 6.07) is 5.28. The molecule has 0 aliphatic carbocycles. The van der Waals surface area contributed by atoms with E-state index >= 15 is 0 Å². The third-order valence-electron chi connectivity index (χ3n) is 4.99. The van der Waals surface area contributed by atoms with Crippen LogP contribution in [-0.4, -0.2) is 70.8 Å². The van der Waals surface area contributed by atoms with Crippen LogP contribution in [0.2, 0.25) is 0 Å². The average molecular weight is 415 g/mol. The number of carboxylic acid groups (broad SMARTS) is 1. The summed E-state index contributed by atoms with van der Waals surface area (Å²) in [6.07, 6.45) is 1.06. The molecule has 4 unspecified atom stereocenters. The van der Waals surface area contributed by atoms with Gasteiger partial charge in [0.15, 0.2) is 23.2 Å². The molecule has 2 aromatic heterocycles. The summed E-state index contributed by atoms with van der Waals surface area (Å²) in [5.41, 5.74) is 1.42. The van der Waals surface area contributed by atoms with Crippen molar-refractivity contribution in [3.63, 3.8) is 0 Å². The number of fused-ring (bicyclic) bond motifs is 1. The molecule has 1 aliphatic rings. The van der Waals surface area contributed by atoms with Gasteiger partial charge in [-0.05, 0) is 17.7 Å². The summed E-state index contributed by atoms with van der Waals surface area (Å²) in [5, 5.41) is 41.4. The van der Waals surface area contributed by atoms with Gasteiger partial charge in [0.1, 0.15) is 24.2 Å². The SMILES string of the molecule is O=C(O)C(Cc1ccc(O)cc1)Nc1ncnc2c1ncn2C1OC(CO)CC1O. The van der Waals surface area contributed by atoms with Gasteiger partial charge in [-0.2, -0.15) is 0 Å². The molecule has 3 aromatic rings. The van der Waals surface area contributed by atoms with Crippen molar-refractivity contribution >= 4 is 23.0 Å². The lowest BCUT2D eigenvalue weighted by molar-refractivity contribution is -0.137. The Morgan fingerprint density at radius 3 is 2.70 bits per heavy atom. The van der Waals surface area contributed by atoms with E-state index in [1.54, 1.807) is 12.1 Å². The standard InChI is InChI=1S/C19H21N5O6/c25-7-12-6-14(27)18(30-12)24-9-22-15-16(20-8-21-17(15)24)23-13(19(28)29)5-10-1-3-11(26)4-2-10/h1-4,8-9,12-14,18,25-27H,5-7H2,(H,28,29)(H,20,21,23). The molecule has 30 heavy (non-hydrogen) atoms. The first-order chi connectivity index (χ1) is 14.5. The Balaban J connectivity index is 1.60. The second kappa shape index (κ2) is 8.22. The molecule has 1 aliphatic heterocycles. The fourth-order valence-corrected chi connectivity index (χ4v) is 3.47. The predicted octanol–water partition coefficient (Wildman–Crippen LogP) is 0.280. The van der Waals surface area contributed by atoms with E-state index in [0.29, 0.717) is 11.2 Å². The van der Waals surface area contributed by atoms with Crippen LogP contribution >= 0.6 is 0 Å². The number of ether oxygens (including phenoxy) is 1. The molecule has 158 valence electrons. The van der Waals surface area contributed by atoms with Gasteiger partial charge in [0.25, 0.3) is 0 Å². The van der Waals surface area contributed by atoms with E-state index in [4.69, 9.17) is 4.74 Å². The fraction of sp³-hybridized carbons (Fsp3) is 0.368. The highest BCUT2D eigenvalue weighted by molar-refractivity contribution is 5.86. The number of aliphatic hydroxyl groups excluding tert-OH is 2. The number of imidazole rings is 1. The number of nitrogens with zero attached hydrogens (tertiary/aromatic N) is 4. The summed E-state index contributed by atoms with van der Waals surface area (Å²) in [7, 11) is 0. The summed E-state index contributed by atoms with van der Waals surface area (Å²) in [6.45, 7) is -0.209. The minimum absolute atomic E-state index is 0.0985. The lowest BCUT2D eigenvalue weighted by Gasteiger charge is -2.17. The van der Waals surface area contributed by atoms with E-state index < -0.39 is 30.4 Å². The van der Waals surface area contributed by atoms with Crippen LogP contribution in [0.15, 0.2) is 36.9 Å². The topological polar surface area (TPSA) is 163 Å². The van der Waals surface area contributed by atoms with Crippen molar-refractivity contribution in [2.45, 2.75) is 37.3 Å². The van der Waals surface area contributed by atoms with Crippen LogP contribution in [0.4, 0.5) is 5.82 Å². The molecule has 5 N–H and O–H groups in total. The molecule has 0 spiro atoms. The molecule has 11 heteroatoms. The lowest BCUT2D eigenvalue weighted by Crippen LogP contribution is -2.32. The number of aromatic nitrogens is 4. The van der Waals surface area contributed by atoms with Crippen molar-refractivity contribution in [2.75, 3.05) is 11.9 Å². The third-order valence-corrected chi connectivity index (χ3v) is 4.99. The van der Waals surface area contributed by atoms with Crippen molar-refractivity contribution < 1.29 is 30.0 Å². The Hall–Kier alpha value is -3.28. The number of hydrogen-bond donors (Lipinski definition) is 5. The Kier molecular flexibility index (Phi) is 5.48. The van der Waals surface area contributed by atoms with Crippen molar-refractivity contribution in [3.05, 3.63) is 42.5 Å². The first-order valence-electron chi connectivity index (χ1n) is 9.35. The van der Waals surface area contributed by atoms with Gasteiger partial charge in [-0.15, -0.1) is 0 Å². The number of nitrogens with one attached hydrogen (secondary N) is 1. The fourth-order valence-electron chi connectivity index (χ4n) is 3.47. The zero-order chi connectivity index (χ0) is 21.3. The number of rotatable bonds is 7. The van der Waals surface area contributed by atoms with Crippen LogP contribution < -0.4 is 5.32 Å². The number of benzene rings is 1. The number of carbonyl (C=O) groups is 1. The van der Waals surface area contributed by atoms with Gasteiger partial charge in [-0.25, -0.2) is 19.7 Å². The number of phenols is 1. The van der Waals surface area contributed by atoms with E-state index in [0.717, 1.165) is 5.56 Å². The van der Waals surface area contributed by atoms with Gasteiger partial charge in [-0.3, -0.25) is 4.57 Å². The maximum atomic E-state index is 11.8. The van der Waals surface area contributed by atoms with Crippen molar-refractivity contribution in [2.24, 2.45) is 0 Å². The zero-order valence-electron chi connectivity index (χ0n) is 15.8. The Morgan fingerprint density at radius 1 is 1.27 bits per heavy atom. The summed E-state index contributed by atoms with van der Waals surface area (Å²) >= 11 is 0. The number of aromatic hydroxyl groups is 1. The largest absolute Gasteiger partial charge is 0.508 e. The minimum atomic E-state index is -1.07. The number of hydrogen-bond acceptors (Lipinski definition) is 9. The van der Waals surface area contributed by atoms with E-state index in [1.165, 1.54) is 29.4 Å². The molecule has 11 nitrogen and oxygen atoms in total. The number of phenolic OH excluding ortho intramolecular Hbond substituents is 1. The first kappa shape index (κ1) is 20.0. The van der Waals surface area contributed by atoms with Gasteiger partial charge in [-0.1, -0.05) is 12.1 Å². The van der Waals surface area contributed by atoms with E-state index in [9.17, 15) is 25.2 Å². The summed E-state index contributed by atoms with van der Waals surface area (Å²) in [4.78, 5) is 24.4. The monoisotopic (exact) mass is 415 g/mol. The number of aliphatic carboxylic acids is 1. The van der Waals surface area contributed by atoms with Gasteiger partial charge in [0.05, 0.1) is 19.0 Å². The molecule has 3 heterocycles. The van der Waals surface area contributed by atoms with Crippen LogP contribution in [-0.2, 0) is 16.0 Å². The van der Waals surface area contributed by atoms with Crippen molar-refractivity contribution in [1.29, 1.82) is 0 Å². The van der Waals surface area contributed by atoms with Gasteiger partial charge < -0.3 is 30.5 Å². The number of carboxylic acids is 1. The van der Waals surface area contributed by atoms with Gasteiger partial charge >= 0.3 is 5.97 Å². The maximum Gasteiger partial charge on any atom is 0.326 e. The molecule has 0 radical (unpaired) electrons.